The third kappa shape index (κ3) is 3.76. The molecule has 0 amide bonds. The maximum absolute atomic E-state index is 5.26. The largest absolute Gasteiger partial charge is 0.466 e. The lowest BCUT2D eigenvalue weighted by Crippen LogP contribution is -1.99. The highest BCUT2D eigenvalue weighted by Crippen LogP contribution is 2.30. The number of ether oxygens (including phenoxy) is 2. The molecule has 108 valence electrons. The molecule has 21 heavy (non-hydrogen) atoms. The van der Waals surface area contributed by atoms with Crippen molar-refractivity contribution in [1.29, 1.82) is 0 Å². The van der Waals surface area contributed by atoms with Crippen LogP contribution in [0, 0.1) is 0 Å². The number of benzene rings is 2. The third-order valence-electron chi connectivity index (χ3n) is 3.41. The minimum atomic E-state index is 0.362. The zero-order valence-corrected chi connectivity index (χ0v) is 12.3. The van der Waals surface area contributed by atoms with Gasteiger partial charge < -0.3 is 9.47 Å². The van der Waals surface area contributed by atoms with E-state index in [4.69, 9.17) is 9.47 Å². The first-order valence-electron chi connectivity index (χ1n) is 7.03. The number of hydrogen-bond donors (Lipinski definition) is 0. The van der Waals surface area contributed by atoms with Crippen molar-refractivity contribution in [2.75, 3.05) is 0 Å². The Labute approximate surface area is 126 Å². The Morgan fingerprint density at radius 2 is 1.19 bits per heavy atom. The molecule has 0 aromatic heterocycles. The molecule has 0 aliphatic carbocycles. The van der Waals surface area contributed by atoms with Gasteiger partial charge in [0.1, 0.15) is 11.5 Å². The molecule has 2 aromatic rings. The van der Waals surface area contributed by atoms with Crippen molar-refractivity contribution >= 4 is 0 Å². The minimum absolute atomic E-state index is 0.362. The van der Waals surface area contributed by atoms with E-state index in [1.54, 1.807) is 0 Å². The zero-order valence-electron chi connectivity index (χ0n) is 12.3. The molecule has 2 rings (SSSR count). The van der Waals surface area contributed by atoms with Crippen LogP contribution in [-0.2, 0) is 0 Å². The molecule has 0 atom stereocenters. The summed E-state index contributed by atoms with van der Waals surface area (Å²) in [6.45, 7) is 9.31. The van der Waals surface area contributed by atoms with Crippen molar-refractivity contribution in [1.82, 2.24) is 0 Å². The fourth-order valence-electron chi connectivity index (χ4n) is 2.41. The lowest BCUT2D eigenvalue weighted by atomic mass is 9.89. The van der Waals surface area contributed by atoms with Gasteiger partial charge in [-0.3, -0.25) is 0 Å². The van der Waals surface area contributed by atoms with Gasteiger partial charge in [-0.25, -0.2) is 0 Å². The smallest absolute Gasteiger partial charge is 0.126 e. The Kier molecular flexibility index (Phi) is 5.22. The van der Waals surface area contributed by atoms with Gasteiger partial charge in [-0.15, -0.1) is 0 Å². The van der Waals surface area contributed by atoms with Gasteiger partial charge in [-0.05, 0) is 41.8 Å². The van der Waals surface area contributed by atoms with Crippen molar-refractivity contribution in [3.05, 3.63) is 85.3 Å². The molecule has 0 fully saturated rings. The summed E-state index contributed by atoms with van der Waals surface area (Å²) < 4.78 is 10.5. The molecule has 0 unspecified atom stereocenters. The summed E-state index contributed by atoms with van der Waals surface area (Å²) >= 11 is 0. The molecule has 2 heteroatoms. The Hall–Kier alpha value is -2.48. The van der Waals surface area contributed by atoms with Crippen molar-refractivity contribution in [2.24, 2.45) is 0 Å². The van der Waals surface area contributed by atoms with Gasteiger partial charge in [-0.1, -0.05) is 44.3 Å². The van der Waals surface area contributed by atoms with Crippen LogP contribution in [-0.4, -0.2) is 0 Å². The van der Waals surface area contributed by atoms with Gasteiger partial charge in [0.05, 0.1) is 12.5 Å². The topological polar surface area (TPSA) is 18.5 Å². The van der Waals surface area contributed by atoms with Crippen LogP contribution < -0.4 is 9.47 Å². The van der Waals surface area contributed by atoms with E-state index < -0.39 is 0 Å². The monoisotopic (exact) mass is 280 g/mol. The minimum Gasteiger partial charge on any atom is -0.466 e. The maximum Gasteiger partial charge on any atom is 0.126 e. The lowest BCUT2D eigenvalue weighted by molar-refractivity contribution is 0.483. The molecule has 0 N–H and O–H groups in total. The Morgan fingerprint density at radius 3 is 1.48 bits per heavy atom. The van der Waals surface area contributed by atoms with E-state index in [-0.39, 0.29) is 0 Å². The highest BCUT2D eigenvalue weighted by atomic mass is 16.5. The first-order valence-corrected chi connectivity index (χ1v) is 7.03. The van der Waals surface area contributed by atoms with Crippen LogP contribution >= 0.6 is 0 Å². The van der Waals surface area contributed by atoms with Gasteiger partial charge in [0, 0.05) is 5.92 Å². The molecule has 0 aliphatic rings. The second-order valence-electron chi connectivity index (χ2n) is 4.67. The molecular weight excluding hydrogens is 260 g/mol. The molecule has 2 aromatic carbocycles. The summed E-state index contributed by atoms with van der Waals surface area (Å²) in [6.07, 6.45) is 3.90. The van der Waals surface area contributed by atoms with Crippen LogP contribution in [0.1, 0.15) is 30.4 Å². The van der Waals surface area contributed by atoms with Crippen LogP contribution in [0.4, 0.5) is 0 Å². The molecular formula is C19H20O2. The fourth-order valence-corrected chi connectivity index (χ4v) is 2.41. The summed E-state index contributed by atoms with van der Waals surface area (Å²) in [5.41, 5.74) is 2.54. The van der Waals surface area contributed by atoms with Gasteiger partial charge in [0.2, 0.25) is 0 Å². The Bertz CT molecular complexity index is 528. The second-order valence-corrected chi connectivity index (χ2v) is 4.67. The molecule has 0 heterocycles. The maximum atomic E-state index is 5.26. The van der Waals surface area contributed by atoms with Crippen LogP contribution in [0.3, 0.4) is 0 Å². The molecule has 0 bridgehead atoms. The highest BCUT2D eigenvalue weighted by Gasteiger charge is 2.12. The molecule has 0 radical (unpaired) electrons. The van der Waals surface area contributed by atoms with E-state index in [1.165, 1.54) is 23.7 Å². The number of rotatable bonds is 7. The first kappa shape index (κ1) is 14.9. The standard InChI is InChI=1S/C19H20O2/c1-4-19(15-7-11-17(12-8-15)20-5-2)16-9-13-18(14-10-16)21-6-3/h5-14,19H,2-4H2,1H3. The van der Waals surface area contributed by atoms with Gasteiger partial charge in [0.15, 0.2) is 0 Å². The van der Waals surface area contributed by atoms with Crippen molar-refractivity contribution in [3.63, 3.8) is 0 Å². The Morgan fingerprint density at radius 1 is 0.810 bits per heavy atom. The lowest BCUT2D eigenvalue weighted by Gasteiger charge is -2.16. The quantitative estimate of drug-likeness (QED) is 0.643. The van der Waals surface area contributed by atoms with Crippen LogP contribution in [0.15, 0.2) is 74.2 Å². The van der Waals surface area contributed by atoms with Gasteiger partial charge >= 0.3 is 0 Å². The van der Waals surface area contributed by atoms with Crippen molar-refractivity contribution < 1.29 is 9.47 Å². The molecule has 2 nitrogen and oxygen atoms in total. The van der Waals surface area contributed by atoms with Crippen LogP contribution in [0.25, 0.3) is 0 Å². The van der Waals surface area contributed by atoms with Crippen LogP contribution in [0.2, 0.25) is 0 Å². The predicted octanol–water partition coefficient (Wildman–Crippen LogP) is 5.27. The van der Waals surface area contributed by atoms with Gasteiger partial charge in [0.25, 0.3) is 0 Å². The number of hydrogen-bond acceptors (Lipinski definition) is 2. The fraction of sp³-hybridized carbons (Fsp3) is 0.158. The van der Waals surface area contributed by atoms with E-state index in [2.05, 4.69) is 44.3 Å². The van der Waals surface area contributed by atoms with Gasteiger partial charge in [-0.2, -0.15) is 0 Å². The van der Waals surface area contributed by atoms with E-state index in [0.29, 0.717) is 5.92 Å². The van der Waals surface area contributed by atoms with E-state index in [9.17, 15) is 0 Å². The summed E-state index contributed by atoms with van der Waals surface area (Å²) in [5.74, 6) is 1.97. The van der Waals surface area contributed by atoms with Crippen molar-refractivity contribution in [2.45, 2.75) is 19.3 Å². The van der Waals surface area contributed by atoms with E-state index in [0.717, 1.165) is 17.9 Å². The average Bonchev–Trinajstić information content (AvgIpc) is 2.52. The zero-order chi connectivity index (χ0) is 15.1. The predicted molar refractivity (Wildman–Crippen MR) is 86.7 cm³/mol. The molecule has 0 aliphatic heterocycles. The van der Waals surface area contributed by atoms with E-state index >= 15 is 0 Å². The summed E-state index contributed by atoms with van der Waals surface area (Å²) in [6, 6.07) is 16.3. The normalized spacial score (nSPS) is 10.2. The summed E-state index contributed by atoms with van der Waals surface area (Å²) in [4.78, 5) is 0. The van der Waals surface area contributed by atoms with Crippen molar-refractivity contribution in [3.8, 4) is 11.5 Å². The first-order chi connectivity index (χ1) is 10.3. The highest BCUT2D eigenvalue weighted by molar-refractivity contribution is 5.38. The summed E-state index contributed by atoms with van der Waals surface area (Å²) in [7, 11) is 0. The van der Waals surface area contributed by atoms with E-state index in [1.807, 2.05) is 24.3 Å². The molecule has 0 saturated heterocycles. The third-order valence-corrected chi connectivity index (χ3v) is 3.41. The summed E-state index contributed by atoms with van der Waals surface area (Å²) in [5, 5.41) is 0. The molecule has 0 saturated carbocycles. The average molecular weight is 280 g/mol. The SMILES string of the molecule is C=COc1ccc(C(CC)c2ccc(OC=C)cc2)cc1. The second kappa shape index (κ2) is 7.34. The molecule has 0 spiro atoms. The Balaban J connectivity index is 2.21. The van der Waals surface area contributed by atoms with Crippen LogP contribution in [0.5, 0.6) is 11.5 Å².